The maximum Gasteiger partial charge on any atom is 0.416 e. The molecule has 0 saturated heterocycles. The van der Waals surface area contributed by atoms with Crippen LogP contribution in [-0.4, -0.2) is 9.55 Å². The Morgan fingerprint density at radius 1 is 1.37 bits per heavy atom. The number of nitrogen functional groups attached to an aromatic ring is 1. The molecule has 1 heterocycles. The summed E-state index contributed by atoms with van der Waals surface area (Å²) in [5, 5.41) is 0. The van der Waals surface area contributed by atoms with E-state index in [2.05, 4.69) is 11.9 Å². The molecule has 0 amide bonds. The molecule has 1 aliphatic rings. The molecule has 0 radical (unpaired) electrons. The second kappa shape index (κ2) is 3.65. The lowest BCUT2D eigenvalue weighted by molar-refractivity contribution is -0.137. The molecular formula is C13H14F3N3. The van der Waals surface area contributed by atoms with Gasteiger partial charge in [0.05, 0.1) is 16.6 Å². The number of halogens is 3. The standard InChI is InChI=1S/C13H14F3N3/c1-12(4-5-12)7-19-10-3-2-8(13(14,15)16)6-9(10)18-11(19)17/h2-3,6H,4-5,7H2,1H3,(H2,17,18). The Morgan fingerprint density at radius 2 is 2.05 bits per heavy atom. The number of imidazole rings is 1. The second-order valence-corrected chi connectivity index (χ2v) is 5.57. The van der Waals surface area contributed by atoms with E-state index < -0.39 is 11.7 Å². The van der Waals surface area contributed by atoms with Crippen molar-refractivity contribution in [2.24, 2.45) is 5.41 Å². The fraction of sp³-hybridized carbons (Fsp3) is 0.462. The van der Waals surface area contributed by atoms with Crippen molar-refractivity contribution >= 4 is 17.0 Å². The van der Waals surface area contributed by atoms with Gasteiger partial charge in [-0.2, -0.15) is 13.2 Å². The first-order valence-corrected chi connectivity index (χ1v) is 6.11. The lowest BCUT2D eigenvalue weighted by Crippen LogP contribution is -2.10. The molecule has 6 heteroatoms. The number of nitrogens with two attached hydrogens (primary N) is 1. The minimum absolute atomic E-state index is 0.213. The summed E-state index contributed by atoms with van der Waals surface area (Å²) in [6, 6.07) is 3.58. The maximum atomic E-state index is 12.6. The van der Waals surface area contributed by atoms with Crippen molar-refractivity contribution in [1.29, 1.82) is 0 Å². The largest absolute Gasteiger partial charge is 0.416 e. The third kappa shape index (κ3) is 2.15. The summed E-state index contributed by atoms with van der Waals surface area (Å²) < 4.78 is 39.7. The molecular weight excluding hydrogens is 255 g/mol. The molecule has 2 aromatic rings. The number of alkyl halides is 3. The van der Waals surface area contributed by atoms with Crippen LogP contribution in [0.3, 0.4) is 0 Å². The van der Waals surface area contributed by atoms with Gasteiger partial charge >= 0.3 is 6.18 Å². The van der Waals surface area contributed by atoms with E-state index in [9.17, 15) is 13.2 Å². The molecule has 1 aromatic carbocycles. The highest BCUT2D eigenvalue weighted by Gasteiger charge is 2.38. The molecule has 0 bridgehead atoms. The SMILES string of the molecule is CC1(Cn2c(N)nc3cc(C(F)(F)F)ccc32)CC1. The number of benzene rings is 1. The minimum Gasteiger partial charge on any atom is -0.369 e. The Morgan fingerprint density at radius 3 is 2.63 bits per heavy atom. The molecule has 3 nitrogen and oxygen atoms in total. The van der Waals surface area contributed by atoms with Gasteiger partial charge in [-0.15, -0.1) is 0 Å². The predicted molar refractivity (Wildman–Crippen MR) is 66.5 cm³/mol. The van der Waals surface area contributed by atoms with Crippen LogP contribution in [0.5, 0.6) is 0 Å². The van der Waals surface area contributed by atoms with Crippen LogP contribution in [0.25, 0.3) is 11.0 Å². The molecule has 0 aliphatic heterocycles. The zero-order valence-electron chi connectivity index (χ0n) is 10.5. The summed E-state index contributed by atoms with van der Waals surface area (Å²) >= 11 is 0. The molecule has 1 aromatic heterocycles. The Labute approximate surface area is 108 Å². The van der Waals surface area contributed by atoms with Crippen LogP contribution in [0.1, 0.15) is 25.3 Å². The van der Waals surface area contributed by atoms with Crippen LogP contribution in [0.15, 0.2) is 18.2 Å². The van der Waals surface area contributed by atoms with Crippen LogP contribution < -0.4 is 5.73 Å². The molecule has 0 unspecified atom stereocenters. The van der Waals surface area contributed by atoms with Crippen molar-refractivity contribution in [2.45, 2.75) is 32.5 Å². The lowest BCUT2D eigenvalue weighted by Gasteiger charge is -2.12. The number of fused-ring (bicyclic) bond motifs is 1. The van der Waals surface area contributed by atoms with Crippen LogP contribution in [0, 0.1) is 5.41 Å². The molecule has 0 atom stereocenters. The van der Waals surface area contributed by atoms with E-state index in [1.165, 1.54) is 6.07 Å². The minimum atomic E-state index is -4.35. The molecule has 1 fully saturated rings. The van der Waals surface area contributed by atoms with E-state index in [1.54, 1.807) is 0 Å². The van der Waals surface area contributed by atoms with Gasteiger partial charge in [-0.05, 0) is 36.5 Å². The van der Waals surface area contributed by atoms with Crippen LogP contribution in [-0.2, 0) is 12.7 Å². The third-order valence-electron chi connectivity index (χ3n) is 3.75. The highest BCUT2D eigenvalue weighted by atomic mass is 19.4. The van der Waals surface area contributed by atoms with Gasteiger partial charge in [0.25, 0.3) is 0 Å². The number of hydrogen-bond donors (Lipinski definition) is 1. The average Bonchev–Trinajstić information content (AvgIpc) is 2.95. The summed E-state index contributed by atoms with van der Waals surface area (Å²) in [5.74, 6) is 0.280. The molecule has 19 heavy (non-hydrogen) atoms. The normalized spacial score (nSPS) is 17.9. The smallest absolute Gasteiger partial charge is 0.369 e. The highest BCUT2D eigenvalue weighted by Crippen LogP contribution is 2.47. The van der Waals surface area contributed by atoms with Gasteiger partial charge < -0.3 is 10.3 Å². The third-order valence-corrected chi connectivity index (χ3v) is 3.75. The maximum absolute atomic E-state index is 12.6. The van der Waals surface area contributed by atoms with E-state index in [4.69, 9.17) is 5.73 Å². The lowest BCUT2D eigenvalue weighted by atomic mass is 10.1. The monoisotopic (exact) mass is 269 g/mol. The van der Waals surface area contributed by atoms with Crippen LogP contribution >= 0.6 is 0 Å². The van der Waals surface area contributed by atoms with Gasteiger partial charge in [-0.25, -0.2) is 4.98 Å². The number of anilines is 1. The van der Waals surface area contributed by atoms with Crippen LogP contribution in [0.4, 0.5) is 19.1 Å². The van der Waals surface area contributed by atoms with Gasteiger partial charge in [0.15, 0.2) is 0 Å². The molecule has 3 rings (SSSR count). The van der Waals surface area contributed by atoms with E-state index in [-0.39, 0.29) is 11.4 Å². The summed E-state index contributed by atoms with van der Waals surface area (Å²) in [6.07, 6.45) is -2.12. The van der Waals surface area contributed by atoms with E-state index in [0.717, 1.165) is 25.0 Å². The average molecular weight is 269 g/mol. The predicted octanol–water partition coefficient (Wildman–Crippen LogP) is 3.44. The number of hydrogen-bond acceptors (Lipinski definition) is 2. The fourth-order valence-electron chi connectivity index (χ4n) is 2.24. The highest BCUT2D eigenvalue weighted by molar-refractivity contribution is 5.79. The molecule has 2 N–H and O–H groups in total. The zero-order chi connectivity index (χ0) is 13.8. The first-order chi connectivity index (χ1) is 8.78. The quantitative estimate of drug-likeness (QED) is 0.907. The molecule has 1 saturated carbocycles. The summed E-state index contributed by atoms with van der Waals surface area (Å²) in [7, 11) is 0. The van der Waals surface area contributed by atoms with Crippen molar-refractivity contribution in [1.82, 2.24) is 9.55 Å². The Hall–Kier alpha value is -1.72. The Bertz CT molecular complexity index is 638. The van der Waals surface area contributed by atoms with Gasteiger partial charge in [0.1, 0.15) is 0 Å². The van der Waals surface area contributed by atoms with Gasteiger partial charge in [0.2, 0.25) is 5.95 Å². The topological polar surface area (TPSA) is 43.8 Å². The molecule has 102 valence electrons. The van der Waals surface area contributed by atoms with Gasteiger partial charge in [0, 0.05) is 6.54 Å². The number of nitrogens with zero attached hydrogens (tertiary/aromatic N) is 2. The van der Waals surface area contributed by atoms with E-state index in [1.807, 2.05) is 4.57 Å². The van der Waals surface area contributed by atoms with Gasteiger partial charge in [-0.3, -0.25) is 0 Å². The van der Waals surface area contributed by atoms with Crippen molar-refractivity contribution in [2.75, 3.05) is 5.73 Å². The van der Waals surface area contributed by atoms with Gasteiger partial charge in [-0.1, -0.05) is 6.92 Å². The Kier molecular flexibility index (Phi) is 2.37. The summed E-state index contributed by atoms with van der Waals surface area (Å²) in [5.41, 5.74) is 6.31. The number of rotatable bonds is 2. The zero-order valence-corrected chi connectivity index (χ0v) is 10.5. The van der Waals surface area contributed by atoms with Crippen LogP contribution in [0.2, 0.25) is 0 Å². The van der Waals surface area contributed by atoms with Crippen molar-refractivity contribution < 1.29 is 13.2 Å². The summed E-state index contributed by atoms with van der Waals surface area (Å²) in [6.45, 7) is 2.85. The van der Waals surface area contributed by atoms with Crippen molar-refractivity contribution in [3.05, 3.63) is 23.8 Å². The number of aromatic nitrogens is 2. The van der Waals surface area contributed by atoms with E-state index in [0.29, 0.717) is 17.6 Å². The molecule has 1 aliphatic carbocycles. The van der Waals surface area contributed by atoms with Crippen molar-refractivity contribution in [3.8, 4) is 0 Å². The first kappa shape index (κ1) is 12.3. The molecule has 0 spiro atoms. The van der Waals surface area contributed by atoms with Crippen molar-refractivity contribution in [3.63, 3.8) is 0 Å². The second-order valence-electron chi connectivity index (χ2n) is 5.57. The first-order valence-electron chi connectivity index (χ1n) is 6.11. The summed E-state index contributed by atoms with van der Waals surface area (Å²) in [4.78, 5) is 4.04. The fourth-order valence-corrected chi connectivity index (χ4v) is 2.24. The van der Waals surface area contributed by atoms with E-state index >= 15 is 0 Å². The Balaban J connectivity index is 2.07.